The maximum absolute atomic E-state index is 11.9. The van der Waals surface area contributed by atoms with Gasteiger partial charge in [-0.15, -0.1) is 0 Å². The Morgan fingerprint density at radius 3 is 2.30 bits per heavy atom. The van der Waals surface area contributed by atoms with Gasteiger partial charge in [0.1, 0.15) is 11.2 Å². The van der Waals surface area contributed by atoms with Crippen LogP contribution in [0.5, 0.6) is 5.75 Å². The van der Waals surface area contributed by atoms with E-state index < -0.39 is 20.5 Å². The van der Waals surface area contributed by atoms with Crippen LogP contribution in [0.1, 0.15) is 11.5 Å². The molecule has 108 valence electrons. The van der Waals surface area contributed by atoms with Crippen molar-refractivity contribution in [2.24, 2.45) is 5.41 Å². The number of ether oxygens (including phenoxy) is 2. The highest BCUT2D eigenvalue weighted by Crippen LogP contribution is 2.62. The molecule has 20 heavy (non-hydrogen) atoms. The molecule has 1 aromatic rings. The third-order valence-corrected chi connectivity index (χ3v) is 5.40. The van der Waals surface area contributed by atoms with Gasteiger partial charge >= 0.3 is 0 Å². The zero-order valence-electron chi connectivity index (χ0n) is 11.7. The molecule has 1 aromatic carbocycles. The van der Waals surface area contributed by atoms with Crippen LogP contribution in [0.3, 0.4) is 0 Å². The lowest BCUT2D eigenvalue weighted by Gasteiger charge is -2.07. The van der Waals surface area contributed by atoms with Crippen LogP contribution in [0.15, 0.2) is 24.3 Å². The first kappa shape index (κ1) is 14.8. The molecule has 0 amide bonds. The summed E-state index contributed by atoms with van der Waals surface area (Å²) >= 11 is 0. The van der Waals surface area contributed by atoms with Crippen molar-refractivity contribution in [2.75, 3.05) is 27.1 Å². The van der Waals surface area contributed by atoms with Crippen molar-refractivity contribution in [1.82, 2.24) is 0 Å². The molecule has 0 heterocycles. The zero-order valence-corrected chi connectivity index (χ0v) is 12.5. The maximum Gasteiger partial charge on any atom is 0.152 e. The second kappa shape index (κ2) is 5.08. The second-order valence-electron chi connectivity index (χ2n) is 5.09. The van der Waals surface area contributed by atoms with Gasteiger partial charge in [0.2, 0.25) is 0 Å². The molecule has 1 aliphatic carbocycles. The number of rotatable bonds is 5. The van der Waals surface area contributed by atoms with Crippen LogP contribution in [0, 0.1) is 16.7 Å². The van der Waals surface area contributed by atoms with Crippen molar-refractivity contribution in [3.8, 4) is 11.8 Å². The average molecular weight is 295 g/mol. The van der Waals surface area contributed by atoms with E-state index in [9.17, 15) is 13.7 Å². The summed E-state index contributed by atoms with van der Waals surface area (Å²) in [6, 6.07) is 9.29. The minimum Gasteiger partial charge on any atom is -0.497 e. The molecule has 0 N–H and O–H groups in total. The molecule has 3 atom stereocenters. The van der Waals surface area contributed by atoms with Gasteiger partial charge in [-0.25, -0.2) is 8.42 Å². The van der Waals surface area contributed by atoms with Crippen LogP contribution < -0.4 is 4.74 Å². The summed E-state index contributed by atoms with van der Waals surface area (Å²) in [5.41, 5.74) is -0.170. The number of benzene rings is 1. The number of hydrogen-bond donors (Lipinski definition) is 0. The molecule has 1 aliphatic rings. The Morgan fingerprint density at radius 1 is 1.30 bits per heavy atom. The summed E-state index contributed by atoms with van der Waals surface area (Å²) in [5, 5.41) is 8.72. The lowest BCUT2D eigenvalue weighted by molar-refractivity contribution is 0.162. The summed E-state index contributed by atoms with van der Waals surface area (Å²) in [7, 11) is -0.279. The fraction of sp³-hybridized carbons (Fsp3) is 0.500. The molecular formula is C14H17NO4S. The number of methoxy groups -OCH3 is 2. The smallest absolute Gasteiger partial charge is 0.152 e. The standard InChI is InChI=1S/C14H17NO4S/c1-18-9-14(8-15)12(13(14)20(3,16)17)10-4-6-11(19-2)7-5-10/h4-7,12-13H,9H2,1-3H3. The van der Waals surface area contributed by atoms with Crippen LogP contribution in [-0.2, 0) is 14.6 Å². The lowest BCUT2D eigenvalue weighted by atomic mass is 10.0. The van der Waals surface area contributed by atoms with Gasteiger partial charge < -0.3 is 9.47 Å². The third-order valence-electron chi connectivity index (χ3n) is 3.78. The molecule has 1 fully saturated rings. The molecule has 1 saturated carbocycles. The summed E-state index contributed by atoms with van der Waals surface area (Å²) in [6.45, 7) is 0.109. The van der Waals surface area contributed by atoms with E-state index in [0.717, 1.165) is 5.56 Å². The molecule has 0 spiro atoms. The first-order valence-corrected chi connectivity index (χ1v) is 8.09. The summed E-state index contributed by atoms with van der Waals surface area (Å²) in [5.74, 6) is 0.341. The summed E-state index contributed by atoms with van der Waals surface area (Å²) in [6.07, 6.45) is 1.17. The maximum atomic E-state index is 11.9. The number of sulfone groups is 1. The van der Waals surface area contributed by atoms with E-state index in [-0.39, 0.29) is 12.5 Å². The van der Waals surface area contributed by atoms with Gasteiger partial charge in [0.25, 0.3) is 0 Å². The minimum atomic E-state index is -3.32. The molecule has 0 radical (unpaired) electrons. The van der Waals surface area contributed by atoms with Crippen molar-refractivity contribution in [1.29, 1.82) is 5.26 Å². The van der Waals surface area contributed by atoms with Crippen LogP contribution >= 0.6 is 0 Å². The van der Waals surface area contributed by atoms with E-state index in [4.69, 9.17) is 9.47 Å². The van der Waals surface area contributed by atoms with Crippen molar-refractivity contribution >= 4 is 9.84 Å². The van der Waals surface area contributed by atoms with Gasteiger partial charge in [0.15, 0.2) is 9.84 Å². The highest BCUT2D eigenvalue weighted by molar-refractivity contribution is 7.91. The fourth-order valence-corrected chi connectivity index (χ4v) is 4.74. The number of nitriles is 1. The highest BCUT2D eigenvalue weighted by atomic mass is 32.2. The van der Waals surface area contributed by atoms with Gasteiger partial charge in [-0.2, -0.15) is 5.26 Å². The van der Waals surface area contributed by atoms with Gasteiger partial charge in [-0.1, -0.05) is 12.1 Å². The Hall–Kier alpha value is -1.58. The molecule has 2 rings (SSSR count). The largest absolute Gasteiger partial charge is 0.497 e. The lowest BCUT2D eigenvalue weighted by Crippen LogP contribution is -2.17. The van der Waals surface area contributed by atoms with Crippen LogP contribution in [0.25, 0.3) is 0 Å². The molecule has 0 aliphatic heterocycles. The predicted octanol–water partition coefficient (Wildman–Crippen LogP) is 1.36. The van der Waals surface area contributed by atoms with Gasteiger partial charge in [0, 0.05) is 19.3 Å². The van der Waals surface area contributed by atoms with E-state index in [1.807, 2.05) is 0 Å². The molecular weight excluding hydrogens is 278 g/mol. The Labute approximate surface area is 119 Å². The molecule has 5 nitrogen and oxygen atoms in total. The molecule has 0 aromatic heterocycles. The molecule has 0 saturated heterocycles. The Kier molecular flexibility index (Phi) is 3.76. The van der Waals surface area contributed by atoms with Crippen LogP contribution in [0.2, 0.25) is 0 Å². The second-order valence-corrected chi connectivity index (χ2v) is 7.25. The summed E-state index contributed by atoms with van der Waals surface area (Å²) in [4.78, 5) is 0. The Morgan fingerprint density at radius 2 is 1.90 bits per heavy atom. The first-order valence-electron chi connectivity index (χ1n) is 6.13. The van der Waals surface area contributed by atoms with Crippen molar-refractivity contribution < 1.29 is 17.9 Å². The van der Waals surface area contributed by atoms with Gasteiger partial charge in [-0.3, -0.25) is 0 Å². The Balaban J connectivity index is 2.41. The van der Waals surface area contributed by atoms with E-state index in [0.29, 0.717) is 5.75 Å². The van der Waals surface area contributed by atoms with E-state index >= 15 is 0 Å². The quantitative estimate of drug-likeness (QED) is 0.820. The number of nitrogens with zero attached hydrogens (tertiary/aromatic N) is 1. The molecule has 3 unspecified atom stereocenters. The van der Waals surface area contributed by atoms with Crippen molar-refractivity contribution in [3.05, 3.63) is 29.8 Å². The van der Waals surface area contributed by atoms with Gasteiger partial charge in [-0.05, 0) is 17.7 Å². The van der Waals surface area contributed by atoms with E-state index in [1.165, 1.54) is 13.4 Å². The first-order chi connectivity index (χ1) is 9.40. The Bertz CT molecular complexity index is 632. The monoisotopic (exact) mass is 295 g/mol. The molecule has 6 heteroatoms. The average Bonchev–Trinajstić information content (AvgIpc) is 3.09. The highest BCUT2D eigenvalue weighted by Gasteiger charge is 2.71. The fourth-order valence-electron chi connectivity index (χ4n) is 2.89. The van der Waals surface area contributed by atoms with Crippen molar-refractivity contribution in [3.63, 3.8) is 0 Å². The predicted molar refractivity (Wildman–Crippen MR) is 74.3 cm³/mol. The topological polar surface area (TPSA) is 76.4 Å². The van der Waals surface area contributed by atoms with Crippen LogP contribution in [-0.4, -0.2) is 40.7 Å². The third kappa shape index (κ3) is 2.28. The zero-order chi connectivity index (χ0) is 15.0. The summed E-state index contributed by atoms with van der Waals surface area (Å²) < 4.78 is 34.0. The van der Waals surface area contributed by atoms with Crippen molar-refractivity contribution in [2.45, 2.75) is 11.2 Å². The number of hydrogen-bond acceptors (Lipinski definition) is 5. The minimum absolute atomic E-state index is 0.109. The van der Waals surface area contributed by atoms with E-state index in [1.54, 1.807) is 31.4 Å². The SMILES string of the molecule is COCC1(C#N)C(c2ccc(OC)cc2)C1S(C)(=O)=O. The van der Waals surface area contributed by atoms with Crippen LogP contribution in [0.4, 0.5) is 0 Å². The molecule has 0 bridgehead atoms. The van der Waals surface area contributed by atoms with Gasteiger partial charge in [0.05, 0.1) is 25.0 Å². The van der Waals surface area contributed by atoms with E-state index in [2.05, 4.69) is 6.07 Å². The normalized spacial score (nSPS) is 28.7.